The lowest BCUT2D eigenvalue weighted by molar-refractivity contribution is -0.154. The summed E-state index contributed by atoms with van der Waals surface area (Å²) in [6, 6.07) is -1.44. The Morgan fingerprint density at radius 2 is 1.68 bits per heavy atom. The van der Waals surface area contributed by atoms with Crippen LogP contribution in [0.1, 0.15) is 41.5 Å². The van der Waals surface area contributed by atoms with E-state index in [1.54, 1.807) is 41.5 Å². The van der Waals surface area contributed by atoms with Gasteiger partial charge in [0.2, 0.25) is 0 Å². The van der Waals surface area contributed by atoms with Crippen LogP contribution in [-0.2, 0) is 20.5 Å². The molecule has 7 heteroatoms. The Bertz CT molecular complexity index is 335. The van der Waals surface area contributed by atoms with Crippen LogP contribution in [0.25, 0.3) is 0 Å². The van der Waals surface area contributed by atoms with Crippen molar-refractivity contribution in [1.29, 1.82) is 0 Å². The molecule has 19 heavy (non-hydrogen) atoms. The average molecular weight is 299 g/mol. The van der Waals surface area contributed by atoms with Crippen LogP contribution in [0.4, 0.5) is 8.78 Å². The van der Waals surface area contributed by atoms with E-state index in [0.717, 1.165) is 0 Å². The Hall–Kier alpha value is -0.560. The maximum Gasteiger partial charge on any atom is 0.311 e. The van der Waals surface area contributed by atoms with Gasteiger partial charge in [-0.25, -0.2) is 17.7 Å². The minimum Gasteiger partial charge on any atom is -0.463 e. The zero-order chi connectivity index (χ0) is 15.4. The van der Waals surface area contributed by atoms with E-state index in [2.05, 4.69) is 4.72 Å². The molecule has 0 heterocycles. The highest BCUT2D eigenvalue weighted by Crippen LogP contribution is 2.17. The molecule has 0 spiro atoms. The van der Waals surface area contributed by atoms with Crippen molar-refractivity contribution in [2.45, 2.75) is 58.8 Å². The first-order valence-electron chi connectivity index (χ1n) is 5.99. The van der Waals surface area contributed by atoms with Gasteiger partial charge in [0.05, 0.1) is 21.1 Å². The van der Waals surface area contributed by atoms with Gasteiger partial charge >= 0.3 is 5.97 Å². The molecule has 0 saturated carbocycles. The van der Waals surface area contributed by atoms with Gasteiger partial charge in [0, 0.05) is 0 Å². The van der Waals surface area contributed by atoms with Crippen LogP contribution in [0.5, 0.6) is 0 Å². The van der Waals surface area contributed by atoms with E-state index in [1.807, 2.05) is 0 Å². The predicted molar refractivity (Wildman–Crippen MR) is 71.2 cm³/mol. The third-order valence-electron chi connectivity index (χ3n) is 2.13. The molecule has 0 aromatic rings. The molecule has 0 radical (unpaired) electrons. The Kier molecular flexibility index (Phi) is 6.54. The monoisotopic (exact) mass is 299 g/mol. The molecule has 0 aromatic heterocycles. The lowest BCUT2D eigenvalue weighted by Crippen LogP contribution is -2.46. The van der Waals surface area contributed by atoms with Crippen molar-refractivity contribution in [2.75, 3.05) is 6.61 Å². The quantitative estimate of drug-likeness (QED) is 0.792. The van der Waals surface area contributed by atoms with E-state index in [1.165, 1.54) is 0 Å². The van der Waals surface area contributed by atoms with Gasteiger partial charge in [-0.15, -0.1) is 0 Å². The van der Waals surface area contributed by atoms with Gasteiger partial charge in [-0.2, -0.15) is 0 Å². The fourth-order valence-corrected chi connectivity index (χ4v) is 1.65. The van der Waals surface area contributed by atoms with Crippen LogP contribution < -0.4 is 4.72 Å². The number of rotatable bonds is 5. The highest BCUT2D eigenvalue weighted by atomic mass is 32.2. The standard InChI is InChI=1S/C12H23F2NO3S/c1-11(2,3)10(16)18-7-8(9(13)14)15-19(17)12(4,5)6/h8-9,15H,7H2,1-6H3/t8-,19?/m0/s1. The minimum atomic E-state index is -2.76. The van der Waals surface area contributed by atoms with E-state index < -0.39 is 46.2 Å². The molecule has 2 atom stereocenters. The number of hydrogen-bond donors (Lipinski definition) is 1. The first-order chi connectivity index (χ1) is 8.35. The molecule has 0 aliphatic heterocycles. The summed E-state index contributed by atoms with van der Waals surface area (Å²) in [7, 11) is -1.65. The van der Waals surface area contributed by atoms with Crippen LogP contribution in [0.2, 0.25) is 0 Å². The third-order valence-corrected chi connectivity index (χ3v) is 3.75. The average Bonchev–Trinajstić information content (AvgIpc) is 2.19. The van der Waals surface area contributed by atoms with Crippen molar-refractivity contribution < 1.29 is 22.5 Å². The summed E-state index contributed by atoms with van der Waals surface area (Å²) in [5.41, 5.74) is -0.754. The molecular formula is C12H23F2NO3S. The molecule has 0 bridgehead atoms. The SMILES string of the molecule is CC(C)(C)C(=O)OC[C@H](NS(=O)C(C)(C)C)C(F)F. The lowest BCUT2D eigenvalue weighted by atomic mass is 9.97. The summed E-state index contributed by atoms with van der Waals surface area (Å²) in [5.74, 6) is -0.568. The number of hydrogen-bond acceptors (Lipinski definition) is 3. The maximum atomic E-state index is 12.8. The number of carbonyl (C=O) groups excluding carboxylic acids is 1. The van der Waals surface area contributed by atoms with E-state index in [-0.39, 0.29) is 0 Å². The number of halogens is 2. The largest absolute Gasteiger partial charge is 0.463 e. The summed E-state index contributed by atoms with van der Waals surface area (Å²) in [6.45, 7) is 9.39. The first kappa shape index (κ1) is 18.4. The van der Waals surface area contributed by atoms with Crippen molar-refractivity contribution in [3.63, 3.8) is 0 Å². The van der Waals surface area contributed by atoms with Gasteiger partial charge in [0.1, 0.15) is 12.6 Å². The van der Waals surface area contributed by atoms with E-state index in [9.17, 15) is 17.8 Å². The van der Waals surface area contributed by atoms with E-state index >= 15 is 0 Å². The van der Waals surface area contributed by atoms with E-state index in [0.29, 0.717) is 0 Å². The second kappa shape index (κ2) is 6.74. The molecule has 114 valence electrons. The minimum absolute atomic E-state index is 0.504. The third kappa shape index (κ3) is 6.96. The molecule has 0 aromatic carbocycles. The van der Waals surface area contributed by atoms with Crippen LogP contribution in [-0.4, -0.2) is 34.0 Å². The molecular weight excluding hydrogens is 276 g/mol. The van der Waals surface area contributed by atoms with Gasteiger partial charge in [0.15, 0.2) is 0 Å². The van der Waals surface area contributed by atoms with Crippen molar-refractivity contribution in [3.05, 3.63) is 0 Å². The lowest BCUT2D eigenvalue weighted by Gasteiger charge is -2.25. The molecule has 0 rings (SSSR count). The van der Waals surface area contributed by atoms with Gasteiger partial charge < -0.3 is 4.74 Å². The van der Waals surface area contributed by atoms with Crippen LogP contribution in [0, 0.1) is 5.41 Å². The molecule has 4 nitrogen and oxygen atoms in total. The molecule has 0 saturated heterocycles. The number of esters is 1. The van der Waals surface area contributed by atoms with Crippen molar-refractivity contribution in [1.82, 2.24) is 4.72 Å². The molecule has 0 aliphatic rings. The number of carbonyl (C=O) groups is 1. The Balaban J connectivity index is 4.53. The fraction of sp³-hybridized carbons (Fsp3) is 0.917. The Labute approximate surface area is 115 Å². The highest BCUT2D eigenvalue weighted by Gasteiger charge is 2.30. The second-order valence-electron chi connectivity index (χ2n) is 6.29. The highest BCUT2D eigenvalue weighted by molar-refractivity contribution is 7.84. The van der Waals surface area contributed by atoms with Crippen molar-refractivity contribution in [2.24, 2.45) is 5.41 Å². The number of alkyl halides is 2. The maximum absolute atomic E-state index is 12.8. The zero-order valence-corrected chi connectivity index (χ0v) is 13.1. The number of nitrogens with one attached hydrogen (secondary N) is 1. The summed E-state index contributed by atoms with van der Waals surface area (Å²) >= 11 is 0. The smallest absolute Gasteiger partial charge is 0.311 e. The summed E-state index contributed by atoms with van der Waals surface area (Å²) in [5, 5.41) is 0. The van der Waals surface area contributed by atoms with Crippen molar-refractivity contribution in [3.8, 4) is 0 Å². The molecule has 1 N–H and O–H groups in total. The Morgan fingerprint density at radius 3 is 2.00 bits per heavy atom. The second-order valence-corrected chi connectivity index (χ2v) is 8.29. The van der Waals surface area contributed by atoms with Crippen molar-refractivity contribution >= 4 is 17.0 Å². The normalized spacial score (nSPS) is 16.3. The first-order valence-corrected chi connectivity index (χ1v) is 7.14. The molecule has 0 aliphatic carbocycles. The number of ether oxygens (including phenoxy) is 1. The zero-order valence-electron chi connectivity index (χ0n) is 12.3. The van der Waals surface area contributed by atoms with Gasteiger partial charge in [-0.3, -0.25) is 4.79 Å². The van der Waals surface area contributed by atoms with Crippen LogP contribution in [0.15, 0.2) is 0 Å². The van der Waals surface area contributed by atoms with Gasteiger partial charge in [-0.1, -0.05) is 0 Å². The topological polar surface area (TPSA) is 55.4 Å². The summed E-state index contributed by atoms with van der Waals surface area (Å²) in [4.78, 5) is 11.5. The fourth-order valence-electron chi connectivity index (χ4n) is 0.854. The molecule has 1 unspecified atom stereocenters. The summed E-state index contributed by atoms with van der Waals surface area (Å²) in [6.07, 6.45) is -2.76. The summed E-state index contributed by atoms with van der Waals surface area (Å²) < 4.78 is 43.8. The van der Waals surface area contributed by atoms with Crippen LogP contribution in [0.3, 0.4) is 0 Å². The van der Waals surface area contributed by atoms with Gasteiger partial charge in [-0.05, 0) is 41.5 Å². The Morgan fingerprint density at radius 1 is 1.21 bits per heavy atom. The molecule has 0 fully saturated rings. The van der Waals surface area contributed by atoms with E-state index in [4.69, 9.17) is 4.74 Å². The predicted octanol–water partition coefficient (Wildman–Crippen LogP) is 2.26. The van der Waals surface area contributed by atoms with Crippen LogP contribution >= 0.6 is 0 Å². The van der Waals surface area contributed by atoms with Gasteiger partial charge in [0.25, 0.3) is 6.43 Å². The molecule has 0 amide bonds.